The van der Waals surface area contributed by atoms with E-state index < -0.39 is 11.9 Å². The maximum Gasteiger partial charge on any atom is 0.334 e. The van der Waals surface area contributed by atoms with E-state index in [0.29, 0.717) is 5.41 Å². The third kappa shape index (κ3) is 4.37. The Morgan fingerprint density at radius 2 is 1.79 bits per heavy atom. The molecule has 0 aliphatic heterocycles. The molecule has 4 nitrogen and oxygen atoms in total. The van der Waals surface area contributed by atoms with Gasteiger partial charge >= 0.3 is 11.9 Å². The number of hydrogen-bond acceptors (Lipinski definition) is 3. The average Bonchev–Trinajstić information content (AvgIpc) is 2.39. The molecule has 1 rings (SSSR count). The van der Waals surface area contributed by atoms with E-state index in [1.54, 1.807) is 0 Å². The Hall–Kier alpha value is -1.32. The molecule has 0 atom stereocenters. The summed E-state index contributed by atoms with van der Waals surface area (Å²) in [5.74, 6) is -1.62. The number of hydrogen-bond donors (Lipinski definition) is 1. The predicted molar refractivity (Wildman–Crippen MR) is 72.8 cm³/mol. The highest BCUT2D eigenvalue weighted by Crippen LogP contribution is 2.42. The van der Waals surface area contributed by atoms with E-state index in [2.05, 4.69) is 20.4 Å². The molecule has 0 spiro atoms. The Balaban J connectivity index is 2.43. The van der Waals surface area contributed by atoms with Crippen molar-refractivity contribution < 1.29 is 19.4 Å². The summed E-state index contributed by atoms with van der Waals surface area (Å²) in [6, 6.07) is 0. The van der Waals surface area contributed by atoms with Gasteiger partial charge in [-0.2, -0.15) is 0 Å². The van der Waals surface area contributed by atoms with Crippen LogP contribution in [-0.2, 0) is 14.3 Å². The molecule has 108 valence electrons. The highest BCUT2D eigenvalue weighted by atomic mass is 16.5. The van der Waals surface area contributed by atoms with Gasteiger partial charge in [0.25, 0.3) is 0 Å². The minimum atomic E-state index is -1.05. The van der Waals surface area contributed by atoms with Crippen LogP contribution in [0.1, 0.15) is 58.8 Å². The Bertz CT molecular complexity index is 345. The molecular formula is C15H24O4. The highest BCUT2D eigenvalue weighted by molar-refractivity contribution is 5.92. The first-order chi connectivity index (χ1) is 8.92. The van der Waals surface area contributed by atoms with Gasteiger partial charge in [-0.05, 0) is 31.1 Å². The van der Waals surface area contributed by atoms with Gasteiger partial charge in [0.15, 0.2) is 0 Å². The molecule has 0 saturated heterocycles. The zero-order valence-electron chi connectivity index (χ0n) is 11.9. The van der Waals surface area contributed by atoms with E-state index in [-0.39, 0.29) is 18.1 Å². The first-order valence-electron chi connectivity index (χ1n) is 7.03. The van der Waals surface area contributed by atoms with Gasteiger partial charge in [-0.15, -0.1) is 0 Å². The molecule has 0 radical (unpaired) electrons. The molecule has 0 aromatic rings. The molecule has 1 fully saturated rings. The first kappa shape index (κ1) is 15.7. The van der Waals surface area contributed by atoms with Gasteiger partial charge in [0, 0.05) is 5.57 Å². The largest absolute Gasteiger partial charge is 0.481 e. The zero-order valence-corrected chi connectivity index (χ0v) is 11.9. The lowest BCUT2D eigenvalue weighted by Gasteiger charge is -2.38. The average molecular weight is 268 g/mol. The smallest absolute Gasteiger partial charge is 0.334 e. The van der Waals surface area contributed by atoms with Crippen LogP contribution in [0.5, 0.6) is 0 Å². The molecule has 0 aromatic carbocycles. The summed E-state index contributed by atoms with van der Waals surface area (Å²) in [6.45, 7) is 7.89. The number of carbonyl (C=O) groups excluding carboxylic acids is 1. The summed E-state index contributed by atoms with van der Waals surface area (Å²) >= 11 is 0. The molecule has 0 bridgehead atoms. The standard InChI is InChI=1S/C15H24O4/c1-4-15(5-2)8-6-12(7-9-15)19-14(18)11(3)10-13(16)17/h12H,3-10H2,1-2H3,(H,16,17). The summed E-state index contributed by atoms with van der Waals surface area (Å²) < 4.78 is 5.33. The van der Waals surface area contributed by atoms with Crippen LogP contribution < -0.4 is 0 Å². The Morgan fingerprint density at radius 3 is 2.21 bits per heavy atom. The summed E-state index contributed by atoms with van der Waals surface area (Å²) in [5.41, 5.74) is 0.427. The molecule has 0 aromatic heterocycles. The van der Waals surface area contributed by atoms with E-state index in [0.717, 1.165) is 38.5 Å². The van der Waals surface area contributed by atoms with Crippen LogP contribution in [0.25, 0.3) is 0 Å². The van der Waals surface area contributed by atoms with Crippen molar-refractivity contribution in [2.75, 3.05) is 0 Å². The van der Waals surface area contributed by atoms with Crippen LogP contribution in [0.4, 0.5) is 0 Å². The first-order valence-corrected chi connectivity index (χ1v) is 7.03. The molecule has 0 heterocycles. The zero-order chi connectivity index (χ0) is 14.5. The lowest BCUT2D eigenvalue weighted by Crippen LogP contribution is -2.31. The molecule has 19 heavy (non-hydrogen) atoms. The minimum Gasteiger partial charge on any atom is -0.481 e. The molecule has 1 aliphatic rings. The maximum absolute atomic E-state index is 11.7. The van der Waals surface area contributed by atoms with E-state index in [9.17, 15) is 9.59 Å². The number of carboxylic acid groups (broad SMARTS) is 1. The van der Waals surface area contributed by atoms with Crippen LogP contribution in [-0.4, -0.2) is 23.1 Å². The SMILES string of the molecule is C=C(CC(=O)O)C(=O)OC1CCC(CC)(CC)CC1. The van der Waals surface area contributed by atoms with Crippen LogP contribution in [0, 0.1) is 5.41 Å². The van der Waals surface area contributed by atoms with Crippen molar-refractivity contribution >= 4 is 11.9 Å². The highest BCUT2D eigenvalue weighted by Gasteiger charge is 2.33. The van der Waals surface area contributed by atoms with Gasteiger partial charge in [0.1, 0.15) is 6.10 Å². The summed E-state index contributed by atoms with van der Waals surface area (Å²) in [7, 11) is 0. The van der Waals surface area contributed by atoms with Crippen LogP contribution >= 0.6 is 0 Å². The topological polar surface area (TPSA) is 63.6 Å². The van der Waals surface area contributed by atoms with Gasteiger partial charge < -0.3 is 9.84 Å². The number of aliphatic carboxylic acids is 1. The van der Waals surface area contributed by atoms with Gasteiger partial charge in [0.2, 0.25) is 0 Å². The molecule has 1 aliphatic carbocycles. The monoisotopic (exact) mass is 268 g/mol. The van der Waals surface area contributed by atoms with E-state index in [1.165, 1.54) is 0 Å². The lowest BCUT2D eigenvalue weighted by atomic mass is 9.70. The minimum absolute atomic E-state index is 0.0234. The van der Waals surface area contributed by atoms with Gasteiger partial charge in [-0.3, -0.25) is 4.79 Å². The van der Waals surface area contributed by atoms with Crippen molar-refractivity contribution in [2.24, 2.45) is 5.41 Å². The Labute approximate surface area is 114 Å². The van der Waals surface area contributed by atoms with Gasteiger partial charge in [0.05, 0.1) is 6.42 Å². The van der Waals surface area contributed by atoms with Gasteiger partial charge in [-0.1, -0.05) is 33.3 Å². The second-order valence-electron chi connectivity index (χ2n) is 5.49. The second kappa shape index (κ2) is 6.73. The fourth-order valence-corrected chi connectivity index (χ4v) is 2.77. The van der Waals surface area contributed by atoms with Crippen molar-refractivity contribution in [2.45, 2.75) is 64.9 Å². The maximum atomic E-state index is 11.7. The van der Waals surface area contributed by atoms with Crippen molar-refractivity contribution in [3.63, 3.8) is 0 Å². The number of rotatable bonds is 6. The molecular weight excluding hydrogens is 244 g/mol. The number of ether oxygens (including phenoxy) is 1. The summed E-state index contributed by atoms with van der Waals surface area (Å²) in [6.07, 6.45) is 5.78. The van der Waals surface area contributed by atoms with E-state index in [4.69, 9.17) is 9.84 Å². The molecule has 1 saturated carbocycles. The molecule has 0 amide bonds. The van der Waals surface area contributed by atoms with Crippen molar-refractivity contribution in [3.8, 4) is 0 Å². The number of carbonyl (C=O) groups is 2. The molecule has 4 heteroatoms. The fraction of sp³-hybridized carbons (Fsp3) is 0.733. The second-order valence-corrected chi connectivity index (χ2v) is 5.49. The normalized spacial score (nSPS) is 18.8. The molecule has 1 N–H and O–H groups in total. The lowest BCUT2D eigenvalue weighted by molar-refractivity contribution is -0.149. The summed E-state index contributed by atoms with van der Waals surface area (Å²) in [4.78, 5) is 22.2. The van der Waals surface area contributed by atoms with Crippen molar-refractivity contribution in [3.05, 3.63) is 12.2 Å². The van der Waals surface area contributed by atoms with Crippen molar-refractivity contribution in [1.82, 2.24) is 0 Å². The van der Waals surface area contributed by atoms with Crippen LogP contribution in [0.2, 0.25) is 0 Å². The molecule has 0 unspecified atom stereocenters. The van der Waals surface area contributed by atoms with E-state index in [1.807, 2.05) is 0 Å². The summed E-state index contributed by atoms with van der Waals surface area (Å²) in [5, 5.41) is 8.60. The fourth-order valence-electron chi connectivity index (χ4n) is 2.77. The Morgan fingerprint density at radius 1 is 1.26 bits per heavy atom. The van der Waals surface area contributed by atoms with Crippen molar-refractivity contribution in [1.29, 1.82) is 0 Å². The Kier molecular flexibility index (Phi) is 5.58. The third-order valence-corrected chi connectivity index (χ3v) is 4.42. The van der Waals surface area contributed by atoms with Crippen LogP contribution in [0.3, 0.4) is 0 Å². The quantitative estimate of drug-likeness (QED) is 0.593. The van der Waals surface area contributed by atoms with Gasteiger partial charge in [-0.25, -0.2) is 4.79 Å². The number of esters is 1. The third-order valence-electron chi connectivity index (χ3n) is 4.42. The number of carboxylic acids is 1. The predicted octanol–water partition coefficient (Wildman–Crippen LogP) is 3.31. The van der Waals surface area contributed by atoms with E-state index >= 15 is 0 Å². The van der Waals surface area contributed by atoms with Crippen LogP contribution in [0.15, 0.2) is 12.2 Å².